The maximum absolute atomic E-state index is 10.1. The molecule has 4 rings (SSSR count). The van der Waals surface area contributed by atoms with Crippen LogP contribution in [0.1, 0.15) is 42.6 Å². The summed E-state index contributed by atoms with van der Waals surface area (Å²) in [7, 11) is 0. The van der Waals surface area contributed by atoms with Crippen molar-refractivity contribution in [2.45, 2.75) is 32.0 Å². The fourth-order valence-corrected chi connectivity index (χ4v) is 3.81. The largest absolute Gasteiger partial charge is 0.491 e. The maximum Gasteiger partial charge on any atom is 0.149 e. The van der Waals surface area contributed by atoms with Gasteiger partial charge in [0.1, 0.15) is 30.3 Å². The molecule has 3 aromatic rings. The van der Waals surface area contributed by atoms with Crippen molar-refractivity contribution in [3.63, 3.8) is 0 Å². The lowest BCUT2D eigenvalue weighted by Crippen LogP contribution is -2.31. The van der Waals surface area contributed by atoms with E-state index in [0.29, 0.717) is 6.54 Å². The number of unbranched alkanes of at least 4 members (excludes halogenated alkanes) is 1. The van der Waals surface area contributed by atoms with E-state index in [1.54, 1.807) is 0 Å². The van der Waals surface area contributed by atoms with Gasteiger partial charge in [-0.3, -0.25) is 0 Å². The van der Waals surface area contributed by atoms with Gasteiger partial charge in [-0.15, -0.1) is 0 Å². The minimum atomic E-state index is -0.530. The van der Waals surface area contributed by atoms with Gasteiger partial charge in [0, 0.05) is 17.7 Å². The van der Waals surface area contributed by atoms with Crippen molar-refractivity contribution in [2.75, 3.05) is 19.7 Å². The molecule has 0 amide bonds. The summed E-state index contributed by atoms with van der Waals surface area (Å²) in [6.07, 6.45) is 3.74. The van der Waals surface area contributed by atoms with Gasteiger partial charge in [-0.2, -0.15) is 0 Å². The normalized spacial score (nSPS) is 15.9. The zero-order chi connectivity index (χ0) is 22.2. The minimum Gasteiger partial charge on any atom is -0.491 e. The van der Waals surface area contributed by atoms with Crippen molar-refractivity contribution < 1.29 is 14.6 Å². The average molecular weight is 430 g/mol. The third-order valence-electron chi connectivity index (χ3n) is 5.58. The highest BCUT2D eigenvalue weighted by Gasteiger charge is 2.25. The number of fused-ring (bicyclic) bond motifs is 1. The van der Waals surface area contributed by atoms with Crippen LogP contribution in [-0.4, -0.2) is 30.9 Å². The molecule has 0 radical (unpaired) electrons. The lowest BCUT2D eigenvalue weighted by molar-refractivity contribution is 0.106. The third-order valence-corrected chi connectivity index (χ3v) is 5.58. The van der Waals surface area contributed by atoms with Crippen molar-refractivity contribution in [2.24, 2.45) is 0 Å². The zero-order valence-corrected chi connectivity index (χ0v) is 18.5. The summed E-state index contributed by atoms with van der Waals surface area (Å²) in [5.41, 5.74) is 4.42. The van der Waals surface area contributed by atoms with Crippen LogP contribution in [0.5, 0.6) is 11.5 Å². The Hall–Kier alpha value is -3.08. The lowest BCUT2D eigenvalue weighted by Gasteiger charge is -2.28. The summed E-state index contributed by atoms with van der Waals surface area (Å²) in [5, 5.41) is 13.4. The van der Waals surface area contributed by atoms with Crippen molar-refractivity contribution in [1.82, 2.24) is 5.32 Å². The first-order chi connectivity index (χ1) is 15.7. The Morgan fingerprint density at radius 3 is 2.50 bits per heavy atom. The van der Waals surface area contributed by atoms with E-state index < -0.39 is 6.10 Å². The van der Waals surface area contributed by atoms with Crippen LogP contribution in [0, 0.1) is 0 Å². The Morgan fingerprint density at radius 2 is 1.72 bits per heavy atom. The van der Waals surface area contributed by atoms with Crippen molar-refractivity contribution in [3.05, 3.63) is 95.6 Å². The fraction of sp³-hybridized carbons (Fsp3) is 0.286. The molecule has 0 bridgehead atoms. The predicted molar refractivity (Wildman–Crippen MR) is 130 cm³/mol. The summed E-state index contributed by atoms with van der Waals surface area (Å²) in [5.74, 6) is 1.62. The fourth-order valence-electron chi connectivity index (χ4n) is 3.81. The zero-order valence-electron chi connectivity index (χ0n) is 18.5. The predicted octanol–water partition coefficient (Wildman–Crippen LogP) is 5.49. The minimum absolute atomic E-state index is 0.199. The topological polar surface area (TPSA) is 50.7 Å². The Morgan fingerprint density at radius 1 is 0.969 bits per heavy atom. The van der Waals surface area contributed by atoms with E-state index in [2.05, 4.69) is 36.5 Å². The number of benzene rings is 3. The molecule has 166 valence electrons. The highest BCUT2D eigenvalue weighted by molar-refractivity contribution is 5.87. The van der Waals surface area contributed by atoms with E-state index in [1.165, 1.54) is 0 Å². The molecule has 0 saturated carbocycles. The van der Waals surface area contributed by atoms with Crippen LogP contribution in [0.3, 0.4) is 0 Å². The van der Waals surface area contributed by atoms with Crippen LogP contribution in [-0.2, 0) is 0 Å². The number of aliphatic hydroxyl groups is 1. The molecule has 1 heterocycles. The number of hydrogen-bond acceptors (Lipinski definition) is 4. The molecule has 4 heteroatoms. The number of nitrogens with one attached hydrogen (secondary N) is 1. The molecule has 1 aliphatic rings. The summed E-state index contributed by atoms with van der Waals surface area (Å²) in [6, 6.07) is 26.4. The lowest BCUT2D eigenvalue weighted by atomic mass is 9.91. The van der Waals surface area contributed by atoms with E-state index in [0.717, 1.165) is 53.1 Å². The molecule has 4 nitrogen and oxygen atoms in total. The van der Waals surface area contributed by atoms with Gasteiger partial charge in [0.05, 0.1) is 0 Å². The maximum atomic E-state index is 10.1. The van der Waals surface area contributed by atoms with Gasteiger partial charge in [-0.1, -0.05) is 74.0 Å². The Labute approximate surface area is 190 Å². The number of aliphatic hydroxyl groups excluding tert-OH is 1. The monoisotopic (exact) mass is 429 g/mol. The molecule has 2 unspecified atom stereocenters. The molecule has 32 heavy (non-hydrogen) atoms. The van der Waals surface area contributed by atoms with E-state index in [4.69, 9.17) is 9.47 Å². The second-order valence-electron chi connectivity index (χ2n) is 8.09. The molecule has 2 N–H and O–H groups in total. The highest BCUT2D eigenvalue weighted by atomic mass is 16.5. The van der Waals surface area contributed by atoms with Gasteiger partial charge in [0.2, 0.25) is 0 Å². The molecule has 0 spiro atoms. The second kappa shape index (κ2) is 11.0. The molecule has 3 aromatic carbocycles. The van der Waals surface area contributed by atoms with Crippen molar-refractivity contribution >= 4 is 11.6 Å². The Kier molecular flexibility index (Phi) is 7.59. The molecule has 0 fully saturated rings. The SMILES string of the molecule is CCCCNCC(O)COc1ccc(C2Oc3ccccc3C=C2c2ccccc2)cc1. The van der Waals surface area contributed by atoms with Crippen molar-refractivity contribution in [3.8, 4) is 11.5 Å². The molecule has 0 aliphatic carbocycles. The highest BCUT2D eigenvalue weighted by Crippen LogP contribution is 2.42. The summed E-state index contributed by atoms with van der Waals surface area (Å²) in [4.78, 5) is 0. The van der Waals surface area contributed by atoms with Crippen LogP contribution in [0.15, 0.2) is 78.9 Å². The van der Waals surface area contributed by atoms with Crippen LogP contribution >= 0.6 is 0 Å². The van der Waals surface area contributed by atoms with Crippen LogP contribution in [0.2, 0.25) is 0 Å². The molecular weight excluding hydrogens is 398 g/mol. The number of para-hydroxylation sites is 1. The molecule has 0 aromatic heterocycles. The van der Waals surface area contributed by atoms with Crippen LogP contribution in [0.4, 0.5) is 0 Å². The third kappa shape index (κ3) is 5.58. The first kappa shape index (κ1) is 22.1. The summed E-state index contributed by atoms with van der Waals surface area (Å²) in [6.45, 7) is 3.88. The molecule has 2 atom stereocenters. The summed E-state index contributed by atoms with van der Waals surface area (Å²) < 4.78 is 12.2. The quantitative estimate of drug-likeness (QED) is 0.419. The Balaban J connectivity index is 1.45. The van der Waals surface area contributed by atoms with Crippen LogP contribution < -0.4 is 14.8 Å². The Bertz CT molecular complexity index is 1010. The number of rotatable bonds is 10. The first-order valence-electron chi connectivity index (χ1n) is 11.4. The van der Waals surface area contributed by atoms with Gasteiger partial charge in [-0.25, -0.2) is 0 Å². The van der Waals surface area contributed by atoms with Gasteiger partial charge in [-0.05, 0) is 48.4 Å². The van der Waals surface area contributed by atoms with E-state index in [-0.39, 0.29) is 12.7 Å². The number of hydrogen-bond donors (Lipinski definition) is 2. The average Bonchev–Trinajstić information content (AvgIpc) is 2.85. The van der Waals surface area contributed by atoms with Gasteiger partial charge >= 0.3 is 0 Å². The van der Waals surface area contributed by atoms with E-state index in [1.807, 2.05) is 60.7 Å². The van der Waals surface area contributed by atoms with Crippen molar-refractivity contribution in [1.29, 1.82) is 0 Å². The van der Waals surface area contributed by atoms with Crippen LogP contribution in [0.25, 0.3) is 11.6 Å². The van der Waals surface area contributed by atoms with E-state index in [9.17, 15) is 5.11 Å². The second-order valence-corrected chi connectivity index (χ2v) is 8.09. The summed E-state index contributed by atoms with van der Waals surface area (Å²) >= 11 is 0. The standard InChI is InChI=1S/C28H31NO3/c1-2-3-17-29-19-24(30)20-31-25-15-13-22(14-16-25)28-26(21-9-5-4-6-10-21)18-23-11-7-8-12-27(23)32-28/h4-16,18,24,28-30H,2-3,17,19-20H2,1H3. The number of ether oxygens (including phenoxy) is 2. The van der Waals surface area contributed by atoms with E-state index >= 15 is 0 Å². The molecule has 1 aliphatic heterocycles. The smallest absolute Gasteiger partial charge is 0.149 e. The van der Waals surface area contributed by atoms with Gasteiger partial charge in [0.25, 0.3) is 0 Å². The first-order valence-corrected chi connectivity index (χ1v) is 11.4. The molecular formula is C28H31NO3. The van der Waals surface area contributed by atoms with Gasteiger partial charge in [0.15, 0.2) is 0 Å². The molecule has 0 saturated heterocycles. The van der Waals surface area contributed by atoms with Gasteiger partial charge < -0.3 is 19.9 Å².